The predicted octanol–water partition coefficient (Wildman–Crippen LogP) is 2.31. The van der Waals surface area contributed by atoms with Gasteiger partial charge in [-0.2, -0.15) is 0 Å². The molecule has 82 valence electrons. The summed E-state index contributed by atoms with van der Waals surface area (Å²) in [5.41, 5.74) is 0.305. The molecule has 6 heteroatoms. The first-order valence-electron chi connectivity index (χ1n) is 4.32. The number of rotatable bonds is 5. The predicted molar refractivity (Wildman–Crippen MR) is 58.5 cm³/mol. The molecule has 0 aliphatic heterocycles. The van der Waals surface area contributed by atoms with E-state index in [1.54, 1.807) is 19.2 Å². The lowest BCUT2D eigenvalue weighted by Crippen LogP contribution is -2.09. The molecule has 15 heavy (non-hydrogen) atoms. The van der Waals surface area contributed by atoms with Crippen LogP contribution in [0.15, 0.2) is 18.2 Å². The maximum atomic E-state index is 10.7. The van der Waals surface area contributed by atoms with Gasteiger partial charge in [-0.1, -0.05) is 17.7 Å². The Kier molecular flexibility index (Phi) is 4.33. The molecule has 5 nitrogen and oxygen atoms in total. The average molecular weight is 231 g/mol. The summed E-state index contributed by atoms with van der Waals surface area (Å²) in [6.45, 7) is 0.974. The van der Waals surface area contributed by atoms with Gasteiger partial charge in [0.25, 0.3) is 0 Å². The summed E-state index contributed by atoms with van der Waals surface area (Å²) in [4.78, 5) is 10.2. The molecule has 1 aromatic carbocycles. The third kappa shape index (κ3) is 3.07. The number of anilines is 1. The van der Waals surface area contributed by atoms with Crippen LogP contribution in [0.25, 0.3) is 0 Å². The van der Waals surface area contributed by atoms with E-state index in [9.17, 15) is 10.1 Å². The third-order valence-electron chi connectivity index (χ3n) is 1.79. The largest absolute Gasteiger partial charge is 0.383 e. The molecule has 1 N–H and O–H groups in total. The molecule has 0 heterocycles. The minimum atomic E-state index is -0.503. The lowest BCUT2D eigenvalue weighted by atomic mass is 10.2. The third-order valence-corrected chi connectivity index (χ3v) is 2.10. The van der Waals surface area contributed by atoms with Crippen molar-refractivity contribution in [2.75, 3.05) is 25.6 Å². The van der Waals surface area contributed by atoms with Gasteiger partial charge in [0.05, 0.1) is 11.5 Å². The lowest BCUT2D eigenvalue weighted by molar-refractivity contribution is -0.383. The van der Waals surface area contributed by atoms with Gasteiger partial charge in [-0.15, -0.1) is 0 Å². The van der Waals surface area contributed by atoms with Gasteiger partial charge in [0, 0.05) is 13.7 Å². The fraction of sp³-hybridized carbons (Fsp3) is 0.333. The smallest absolute Gasteiger partial charge is 0.310 e. The normalized spacial score (nSPS) is 10.0. The zero-order chi connectivity index (χ0) is 11.3. The zero-order valence-electron chi connectivity index (χ0n) is 8.20. The topological polar surface area (TPSA) is 64.4 Å². The molecule has 1 rings (SSSR count). The van der Waals surface area contributed by atoms with Gasteiger partial charge in [0.15, 0.2) is 0 Å². The van der Waals surface area contributed by atoms with Crippen LogP contribution in [0.3, 0.4) is 0 Å². The number of para-hydroxylation sites is 1. The van der Waals surface area contributed by atoms with Crippen LogP contribution in [-0.4, -0.2) is 25.2 Å². The second-order valence-electron chi connectivity index (χ2n) is 2.81. The van der Waals surface area contributed by atoms with Crippen LogP contribution in [0.4, 0.5) is 11.4 Å². The van der Waals surface area contributed by atoms with Crippen LogP contribution >= 0.6 is 11.6 Å². The number of ether oxygens (including phenoxy) is 1. The monoisotopic (exact) mass is 230 g/mol. The molecule has 0 radical (unpaired) electrons. The Balaban J connectivity index is 2.86. The standard InChI is InChI=1S/C9H11ClN2O3/c1-15-6-5-11-8-4-2-3-7(10)9(8)12(13)14/h2-4,11H,5-6H2,1H3. The number of halogens is 1. The number of hydrogen-bond donors (Lipinski definition) is 1. The molecule has 0 unspecified atom stereocenters. The Morgan fingerprint density at radius 3 is 2.93 bits per heavy atom. The highest BCUT2D eigenvalue weighted by Gasteiger charge is 2.17. The van der Waals surface area contributed by atoms with Gasteiger partial charge in [0.1, 0.15) is 10.7 Å². The first-order valence-corrected chi connectivity index (χ1v) is 4.70. The van der Waals surface area contributed by atoms with Crippen molar-refractivity contribution in [3.05, 3.63) is 33.3 Å². The summed E-state index contributed by atoms with van der Waals surface area (Å²) < 4.78 is 4.83. The van der Waals surface area contributed by atoms with Crippen molar-refractivity contribution in [2.45, 2.75) is 0 Å². The van der Waals surface area contributed by atoms with Crippen LogP contribution < -0.4 is 5.32 Å². The van der Waals surface area contributed by atoms with E-state index in [0.29, 0.717) is 18.8 Å². The molecule has 0 aromatic heterocycles. The molecule has 0 bridgehead atoms. The highest BCUT2D eigenvalue weighted by Crippen LogP contribution is 2.31. The Morgan fingerprint density at radius 2 is 2.33 bits per heavy atom. The Morgan fingerprint density at radius 1 is 1.60 bits per heavy atom. The van der Waals surface area contributed by atoms with E-state index in [4.69, 9.17) is 16.3 Å². The van der Waals surface area contributed by atoms with Gasteiger partial charge in [-0.05, 0) is 12.1 Å². The van der Waals surface area contributed by atoms with Gasteiger partial charge in [0.2, 0.25) is 0 Å². The summed E-state index contributed by atoms with van der Waals surface area (Å²) in [5.74, 6) is 0. The minimum absolute atomic E-state index is 0.102. The maximum Gasteiger partial charge on any atom is 0.310 e. The van der Waals surface area contributed by atoms with Crippen molar-refractivity contribution in [3.8, 4) is 0 Å². The van der Waals surface area contributed by atoms with Crippen LogP contribution in [0.2, 0.25) is 5.02 Å². The summed E-state index contributed by atoms with van der Waals surface area (Å²) in [6.07, 6.45) is 0. The molecule has 0 saturated carbocycles. The van der Waals surface area contributed by atoms with Crippen molar-refractivity contribution < 1.29 is 9.66 Å². The Hall–Kier alpha value is -1.33. The van der Waals surface area contributed by atoms with E-state index in [-0.39, 0.29) is 10.7 Å². The Labute approximate surface area is 92.1 Å². The first-order chi connectivity index (χ1) is 7.16. The van der Waals surface area contributed by atoms with Crippen molar-refractivity contribution >= 4 is 23.0 Å². The van der Waals surface area contributed by atoms with E-state index >= 15 is 0 Å². The molecular weight excluding hydrogens is 220 g/mol. The SMILES string of the molecule is COCCNc1cccc(Cl)c1[N+](=O)[O-]. The summed E-state index contributed by atoms with van der Waals surface area (Å²) >= 11 is 5.72. The zero-order valence-corrected chi connectivity index (χ0v) is 8.95. The molecule has 0 saturated heterocycles. The molecule has 0 amide bonds. The number of hydrogen-bond acceptors (Lipinski definition) is 4. The van der Waals surface area contributed by atoms with E-state index in [0.717, 1.165) is 0 Å². The van der Waals surface area contributed by atoms with Gasteiger partial charge in [-0.3, -0.25) is 10.1 Å². The quantitative estimate of drug-likeness (QED) is 0.479. The van der Waals surface area contributed by atoms with Gasteiger partial charge < -0.3 is 10.1 Å². The summed E-state index contributed by atoms with van der Waals surface area (Å²) in [6, 6.07) is 4.76. The van der Waals surface area contributed by atoms with E-state index < -0.39 is 4.92 Å². The number of nitro groups is 1. The van der Waals surface area contributed by atoms with Crippen LogP contribution in [0.5, 0.6) is 0 Å². The number of nitrogens with one attached hydrogen (secondary N) is 1. The fourth-order valence-corrected chi connectivity index (χ4v) is 1.37. The number of methoxy groups -OCH3 is 1. The van der Waals surface area contributed by atoms with Gasteiger partial charge >= 0.3 is 5.69 Å². The number of nitrogens with zero attached hydrogens (tertiary/aromatic N) is 1. The van der Waals surface area contributed by atoms with Gasteiger partial charge in [-0.25, -0.2) is 0 Å². The van der Waals surface area contributed by atoms with E-state index in [1.807, 2.05) is 0 Å². The second-order valence-corrected chi connectivity index (χ2v) is 3.22. The van der Waals surface area contributed by atoms with Crippen LogP contribution in [0.1, 0.15) is 0 Å². The molecule has 0 fully saturated rings. The summed E-state index contributed by atoms with van der Waals surface area (Å²) in [5, 5.41) is 13.7. The van der Waals surface area contributed by atoms with Crippen molar-refractivity contribution in [1.29, 1.82) is 0 Å². The molecule has 0 aliphatic carbocycles. The highest BCUT2D eigenvalue weighted by atomic mass is 35.5. The molecule has 1 aromatic rings. The molecule has 0 atom stereocenters. The maximum absolute atomic E-state index is 10.7. The van der Waals surface area contributed by atoms with Crippen LogP contribution in [-0.2, 0) is 4.74 Å². The second kappa shape index (κ2) is 5.53. The summed E-state index contributed by atoms with van der Waals surface area (Å²) in [7, 11) is 1.56. The van der Waals surface area contributed by atoms with Crippen molar-refractivity contribution in [3.63, 3.8) is 0 Å². The van der Waals surface area contributed by atoms with E-state index in [2.05, 4.69) is 5.32 Å². The molecule has 0 aliphatic rings. The molecule has 0 spiro atoms. The molecular formula is C9H11ClN2O3. The van der Waals surface area contributed by atoms with Crippen molar-refractivity contribution in [1.82, 2.24) is 0 Å². The first kappa shape index (κ1) is 11.7. The van der Waals surface area contributed by atoms with Crippen molar-refractivity contribution in [2.24, 2.45) is 0 Å². The Bertz CT molecular complexity index is 357. The number of nitro benzene ring substituents is 1. The average Bonchev–Trinajstić information content (AvgIpc) is 2.17. The number of benzene rings is 1. The van der Waals surface area contributed by atoms with Crippen LogP contribution in [0, 0.1) is 10.1 Å². The fourth-order valence-electron chi connectivity index (χ4n) is 1.13. The van der Waals surface area contributed by atoms with E-state index in [1.165, 1.54) is 6.07 Å². The lowest BCUT2D eigenvalue weighted by Gasteiger charge is -2.06. The minimum Gasteiger partial charge on any atom is -0.383 e. The highest BCUT2D eigenvalue weighted by molar-refractivity contribution is 6.33.